The SMILES string of the molecule is CO[C@]1(C)CCC[C@]2(C)C[C@H]3OC(=O)[C@@H](CN4CCN(C(O)(c5ccccc5)c5ccccc5)CC4)[C@H]3C[C@]21O. The van der Waals surface area contributed by atoms with E-state index in [1.54, 1.807) is 7.11 Å². The number of carbonyl (C=O) groups excluding carboxylic acids is 1. The van der Waals surface area contributed by atoms with E-state index in [-0.39, 0.29) is 29.3 Å². The number of rotatable bonds is 6. The summed E-state index contributed by atoms with van der Waals surface area (Å²) in [4.78, 5) is 17.7. The highest BCUT2D eigenvalue weighted by Gasteiger charge is 2.67. The summed E-state index contributed by atoms with van der Waals surface area (Å²) in [5, 5.41) is 24.4. The van der Waals surface area contributed by atoms with Crippen LogP contribution in [0.1, 0.15) is 57.1 Å². The first-order valence-electron chi connectivity index (χ1n) is 14.9. The van der Waals surface area contributed by atoms with Crippen molar-refractivity contribution in [3.8, 4) is 0 Å². The van der Waals surface area contributed by atoms with Gasteiger partial charge in [-0.3, -0.25) is 14.6 Å². The molecular weight excluding hydrogens is 504 g/mol. The molecule has 2 aliphatic carbocycles. The molecule has 2 saturated carbocycles. The summed E-state index contributed by atoms with van der Waals surface area (Å²) in [6.45, 7) is 7.61. The molecule has 0 aromatic heterocycles. The van der Waals surface area contributed by atoms with Gasteiger partial charge in [-0.15, -0.1) is 0 Å². The normalized spacial score (nSPS) is 37.0. The molecule has 4 aliphatic rings. The molecule has 2 heterocycles. The van der Waals surface area contributed by atoms with E-state index < -0.39 is 16.9 Å². The Morgan fingerprint density at radius 3 is 2.12 bits per heavy atom. The molecule has 7 nitrogen and oxygen atoms in total. The second-order valence-electron chi connectivity index (χ2n) is 13.1. The fourth-order valence-corrected chi connectivity index (χ4v) is 8.50. The molecule has 6 rings (SSSR count). The Labute approximate surface area is 238 Å². The van der Waals surface area contributed by atoms with Crippen LogP contribution in [0.25, 0.3) is 0 Å². The molecule has 0 amide bonds. The van der Waals surface area contributed by atoms with Gasteiger partial charge in [0, 0.05) is 62.3 Å². The molecule has 2 saturated heterocycles. The summed E-state index contributed by atoms with van der Waals surface area (Å²) in [5.74, 6) is -0.426. The zero-order valence-corrected chi connectivity index (χ0v) is 24.1. The van der Waals surface area contributed by atoms with Crippen LogP contribution in [0.15, 0.2) is 60.7 Å². The Morgan fingerprint density at radius 2 is 1.55 bits per heavy atom. The van der Waals surface area contributed by atoms with Gasteiger partial charge in [-0.05, 0) is 39.0 Å². The maximum atomic E-state index is 13.2. The molecule has 2 aromatic carbocycles. The van der Waals surface area contributed by atoms with Crippen molar-refractivity contribution >= 4 is 5.97 Å². The van der Waals surface area contributed by atoms with Gasteiger partial charge in [0.25, 0.3) is 0 Å². The van der Waals surface area contributed by atoms with Crippen molar-refractivity contribution in [1.29, 1.82) is 0 Å². The van der Waals surface area contributed by atoms with Gasteiger partial charge in [-0.1, -0.05) is 67.6 Å². The molecule has 2 aromatic rings. The maximum Gasteiger partial charge on any atom is 0.310 e. The van der Waals surface area contributed by atoms with E-state index >= 15 is 0 Å². The molecule has 4 fully saturated rings. The molecular formula is C33H44N2O5. The smallest absolute Gasteiger partial charge is 0.310 e. The van der Waals surface area contributed by atoms with E-state index in [1.165, 1.54) is 0 Å². The summed E-state index contributed by atoms with van der Waals surface area (Å²) in [7, 11) is 1.70. The molecule has 0 radical (unpaired) electrons. The van der Waals surface area contributed by atoms with Gasteiger partial charge >= 0.3 is 5.97 Å². The summed E-state index contributed by atoms with van der Waals surface area (Å²) >= 11 is 0. The van der Waals surface area contributed by atoms with Crippen LogP contribution >= 0.6 is 0 Å². The number of hydrogen-bond donors (Lipinski definition) is 2. The van der Waals surface area contributed by atoms with E-state index in [2.05, 4.69) is 16.7 Å². The minimum absolute atomic E-state index is 0.0262. The summed E-state index contributed by atoms with van der Waals surface area (Å²) in [6, 6.07) is 19.7. The van der Waals surface area contributed by atoms with Crippen LogP contribution in [0.5, 0.6) is 0 Å². The summed E-state index contributed by atoms with van der Waals surface area (Å²) in [5.41, 5.74) is -1.49. The Hall–Kier alpha value is -2.29. The molecule has 6 atom stereocenters. The van der Waals surface area contributed by atoms with Gasteiger partial charge in [0.05, 0.1) is 17.1 Å². The van der Waals surface area contributed by atoms with E-state index in [0.717, 1.165) is 43.5 Å². The molecule has 0 bridgehead atoms. The van der Waals surface area contributed by atoms with Gasteiger partial charge < -0.3 is 19.7 Å². The second-order valence-corrected chi connectivity index (χ2v) is 13.1. The number of hydrogen-bond acceptors (Lipinski definition) is 7. The number of fused-ring (bicyclic) bond motifs is 2. The molecule has 40 heavy (non-hydrogen) atoms. The van der Waals surface area contributed by atoms with E-state index in [0.29, 0.717) is 32.5 Å². The topological polar surface area (TPSA) is 82.5 Å². The van der Waals surface area contributed by atoms with Crippen LogP contribution in [0, 0.1) is 17.3 Å². The highest BCUT2D eigenvalue weighted by Crippen LogP contribution is 2.61. The Morgan fingerprint density at radius 1 is 0.950 bits per heavy atom. The van der Waals surface area contributed by atoms with Gasteiger partial charge in [-0.25, -0.2) is 0 Å². The second kappa shape index (κ2) is 10.2. The van der Waals surface area contributed by atoms with Crippen LogP contribution in [0.3, 0.4) is 0 Å². The number of piperazine rings is 1. The predicted octanol–water partition coefficient (Wildman–Crippen LogP) is 3.78. The lowest BCUT2D eigenvalue weighted by Crippen LogP contribution is -2.69. The van der Waals surface area contributed by atoms with Crippen LogP contribution in [0.2, 0.25) is 0 Å². The summed E-state index contributed by atoms with van der Waals surface area (Å²) in [6.07, 6.45) is 3.80. The van der Waals surface area contributed by atoms with Crippen LogP contribution in [-0.4, -0.2) is 83.1 Å². The third kappa shape index (κ3) is 4.24. The van der Waals surface area contributed by atoms with Crippen molar-refractivity contribution in [2.45, 2.75) is 69.0 Å². The fourth-order valence-electron chi connectivity index (χ4n) is 8.50. The Balaban J connectivity index is 1.18. The van der Waals surface area contributed by atoms with Crippen LogP contribution in [-0.2, 0) is 20.0 Å². The number of ether oxygens (including phenoxy) is 2. The van der Waals surface area contributed by atoms with E-state index in [1.807, 2.05) is 67.6 Å². The highest BCUT2D eigenvalue weighted by atomic mass is 16.6. The number of carbonyl (C=O) groups is 1. The Bertz CT molecular complexity index is 1160. The lowest BCUT2D eigenvalue weighted by atomic mass is 9.49. The Kier molecular flexibility index (Phi) is 7.11. The quantitative estimate of drug-likeness (QED) is 0.532. The average Bonchev–Trinajstić information content (AvgIpc) is 3.26. The number of methoxy groups -OCH3 is 1. The lowest BCUT2D eigenvalue weighted by molar-refractivity contribution is -0.270. The van der Waals surface area contributed by atoms with Crippen molar-refractivity contribution in [2.24, 2.45) is 17.3 Å². The largest absolute Gasteiger partial charge is 0.462 e. The minimum Gasteiger partial charge on any atom is -0.462 e. The number of benzene rings is 2. The highest BCUT2D eigenvalue weighted by molar-refractivity contribution is 5.75. The van der Waals surface area contributed by atoms with E-state index in [9.17, 15) is 15.0 Å². The van der Waals surface area contributed by atoms with Gasteiger partial charge in [0.2, 0.25) is 0 Å². The third-order valence-electron chi connectivity index (χ3n) is 11.1. The van der Waals surface area contributed by atoms with Crippen LogP contribution in [0.4, 0.5) is 0 Å². The monoisotopic (exact) mass is 548 g/mol. The molecule has 0 unspecified atom stereocenters. The molecule has 7 heteroatoms. The number of aliphatic hydroxyl groups is 2. The van der Waals surface area contributed by atoms with Crippen molar-refractivity contribution in [2.75, 3.05) is 39.8 Å². The number of esters is 1. The lowest BCUT2D eigenvalue weighted by Gasteiger charge is -2.62. The maximum absolute atomic E-state index is 13.2. The van der Waals surface area contributed by atoms with Crippen molar-refractivity contribution in [1.82, 2.24) is 9.80 Å². The van der Waals surface area contributed by atoms with Crippen LogP contribution < -0.4 is 0 Å². The first-order valence-corrected chi connectivity index (χ1v) is 14.9. The third-order valence-corrected chi connectivity index (χ3v) is 11.1. The van der Waals surface area contributed by atoms with Crippen molar-refractivity contribution in [3.05, 3.63) is 71.8 Å². The van der Waals surface area contributed by atoms with Crippen molar-refractivity contribution < 1.29 is 24.5 Å². The fraction of sp³-hybridized carbons (Fsp3) is 0.606. The average molecular weight is 549 g/mol. The zero-order chi connectivity index (χ0) is 28.2. The van der Waals surface area contributed by atoms with Gasteiger partial charge in [0.1, 0.15) is 6.10 Å². The van der Waals surface area contributed by atoms with Gasteiger partial charge in [-0.2, -0.15) is 0 Å². The minimum atomic E-state index is -1.23. The molecule has 0 spiro atoms. The zero-order valence-electron chi connectivity index (χ0n) is 24.1. The molecule has 216 valence electrons. The summed E-state index contributed by atoms with van der Waals surface area (Å²) < 4.78 is 12.0. The standard InChI is InChI=1S/C33H44N2O5/c1-30-15-10-16-31(2,39-3)32(30,37)21-26-27(29(36)40-28(26)22-30)23-34-17-19-35(20-18-34)33(38,24-11-6-4-7-12-24)25-13-8-5-9-14-25/h4-9,11-14,26-28,37-38H,10,15-23H2,1-3H3/t26-,27+,28-,30-,31-,32+/m1/s1. The molecule has 2 N–H and O–H groups in total. The van der Waals surface area contributed by atoms with E-state index in [4.69, 9.17) is 9.47 Å². The number of nitrogens with zero attached hydrogens (tertiary/aromatic N) is 2. The van der Waals surface area contributed by atoms with Gasteiger partial charge in [0.15, 0.2) is 5.72 Å². The first-order chi connectivity index (χ1) is 19.1. The first kappa shape index (κ1) is 27.9. The van der Waals surface area contributed by atoms with Crippen molar-refractivity contribution in [3.63, 3.8) is 0 Å². The molecule has 2 aliphatic heterocycles. The predicted molar refractivity (Wildman–Crippen MR) is 152 cm³/mol.